The molecule has 1 aliphatic rings. The first kappa shape index (κ1) is 22.9. The van der Waals surface area contributed by atoms with Gasteiger partial charge >= 0.3 is 0 Å². The van der Waals surface area contributed by atoms with E-state index in [1.54, 1.807) is 19.2 Å². The van der Waals surface area contributed by atoms with Gasteiger partial charge in [0.25, 0.3) is 11.7 Å². The van der Waals surface area contributed by atoms with E-state index in [1.807, 2.05) is 0 Å². The number of Topliss-reactive ketones (excluding diaryl/α,β-unsaturated/α-hetero) is 1. The summed E-state index contributed by atoms with van der Waals surface area (Å²) in [5.41, 5.74) is 0.640. The number of aromatic hydroxyl groups is 1. The van der Waals surface area contributed by atoms with E-state index in [1.165, 1.54) is 36.3 Å². The van der Waals surface area contributed by atoms with Gasteiger partial charge in [-0.3, -0.25) is 9.59 Å². The number of likely N-dealkylation sites (tertiary alicyclic amines) is 1. The number of nitrogens with zero attached hydrogens (tertiary/aromatic N) is 1. The summed E-state index contributed by atoms with van der Waals surface area (Å²) in [5.74, 6) is -1.70. The Balaban J connectivity index is 2.16. The van der Waals surface area contributed by atoms with Gasteiger partial charge in [0.05, 0.1) is 28.8 Å². The van der Waals surface area contributed by atoms with Crippen molar-refractivity contribution < 1.29 is 29.3 Å². The number of hydrogen-bond donors (Lipinski definition) is 2. The monoisotopic (exact) mass is 465 g/mol. The van der Waals surface area contributed by atoms with E-state index in [9.17, 15) is 19.8 Å². The van der Waals surface area contributed by atoms with Crippen molar-refractivity contribution in [3.05, 3.63) is 63.1 Å². The lowest BCUT2D eigenvalue weighted by Crippen LogP contribution is -2.31. The summed E-state index contributed by atoms with van der Waals surface area (Å²) in [6.07, 6.45) is 0.498. The maximum Gasteiger partial charge on any atom is 0.295 e. The lowest BCUT2D eigenvalue weighted by molar-refractivity contribution is -0.140. The minimum Gasteiger partial charge on any atom is -0.508 e. The number of ketones is 1. The van der Waals surface area contributed by atoms with Crippen molar-refractivity contribution in [2.75, 3.05) is 27.4 Å². The summed E-state index contributed by atoms with van der Waals surface area (Å²) < 4.78 is 10.2. The summed E-state index contributed by atoms with van der Waals surface area (Å²) in [7, 11) is 2.95. The number of rotatable bonds is 7. The van der Waals surface area contributed by atoms with Crippen LogP contribution < -0.4 is 4.74 Å². The fourth-order valence-corrected chi connectivity index (χ4v) is 4.18. The molecule has 1 saturated heterocycles. The molecule has 164 valence electrons. The van der Waals surface area contributed by atoms with Crippen LogP contribution in [0.5, 0.6) is 11.5 Å². The van der Waals surface area contributed by atoms with Crippen molar-refractivity contribution in [2.24, 2.45) is 0 Å². The fourth-order valence-electron chi connectivity index (χ4n) is 3.54. The van der Waals surface area contributed by atoms with Crippen molar-refractivity contribution in [2.45, 2.75) is 12.5 Å². The third kappa shape index (κ3) is 4.49. The van der Waals surface area contributed by atoms with Gasteiger partial charge in [0, 0.05) is 25.8 Å². The molecule has 2 aromatic carbocycles. The van der Waals surface area contributed by atoms with E-state index in [0.29, 0.717) is 18.6 Å². The topological polar surface area (TPSA) is 96.3 Å². The lowest BCUT2D eigenvalue weighted by Gasteiger charge is -2.25. The molecule has 0 spiro atoms. The van der Waals surface area contributed by atoms with Crippen LogP contribution in [0.4, 0.5) is 0 Å². The number of aliphatic hydroxyl groups is 1. The molecule has 2 N–H and O–H groups in total. The minimum absolute atomic E-state index is 0.0359. The van der Waals surface area contributed by atoms with Gasteiger partial charge in [-0.2, -0.15) is 0 Å². The molecule has 9 heteroatoms. The third-order valence-electron chi connectivity index (χ3n) is 4.97. The lowest BCUT2D eigenvalue weighted by atomic mass is 9.95. The fraction of sp³-hybridized carbons (Fsp3) is 0.273. The number of carbonyl (C=O) groups excluding carboxylic acids is 2. The number of phenols is 1. The van der Waals surface area contributed by atoms with Gasteiger partial charge in [-0.15, -0.1) is 0 Å². The molecule has 0 bridgehead atoms. The molecule has 1 fully saturated rings. The van der Waals surface area contributed by atoms with Crippen LogP contribution in [0.1, 0.15) is 23.6 Å². The van der Waals surface area contributed by atoms with E-state index in [-0.39, 0.29) is 39.2 Å². The van der Waals surface area contributed by atoms with Gasteiger partial charge < -0.3 is 24.6 Å². The molecular formula is C22H21Cl2NO6. The standard InChI is InChI=1S/C22H21Cl2NO6/c1-30-9-3-8-25-18(12-4-6-14(26)7-5-12)17(20(28)22(25)29)19(27)13-10-15(23)21(31-2)16(24)11-13/h4-7,10-11,18,26-27H,3,8-9H2,1-2H3/b19-17+. The van der Waals surface area contributed by atoms with Crippen LogP contribution in [-0.2, 0) is 14.3 Å². The number of ether oxygens (including phenoxy) is 2. The van der Waals surface area contributed by atoms with Crippen LogP contribution in [0.2, 0.25) is 10.0 Å². The molecule has 1 unspecified atom stereocenters. The summed E-state index contributed by atoms with van der Waals surface area (Å²) in [6.45, 7) is 0.639. The Labute approximate surface area is 189 Å². The highest BCUT2D eigenvalue weighted by Crippen LogP contribution is 2.42. The van der Waals surface area contributed by atoms with Crippen molar-refractivity contribution in [3.8, 4) is 11.5 Å². The molecule has 7 nitrogen and oxygen atoms in total. The second-order valence-corrected chi connectivity index (χ2v) is 7.72. The normalized spacial score (nSPS) is 17.9. The van der Waals surface area contributed by atoms with Crippen LogP contribution >= 0.6 is 23.2 Å². The van der Waals surface area contributed by atoms with Crippen LogP contribution in [-0.4, -0.2) is 54.2 Å². The Kier molecular flexibility index (Phi) is 7.10. The summed E-state index contributed by atoms with van der Waals surface area (Å²) in [5, 5.41) is 21.0. The van der Waals surface area contributed by atoms with Crippen LogP contribution in [0, 0.1) is 0 Å². The molecule has 3 rings (SSSR count). The first-order valence-corrected chi connectivity index (χ1v) is 10.2. The third-order valence-corrected chi connectivity index (χ3v) is 5.53. The quantitative estimate of drug-likeness (QED) is 0.275. The Hall–Kier alpha value is -2.74. The number of carbonyl (C=O) groups is 2. The molecular weight excluding hydrogens is 445 g/mol. The van der Waals surface area contributed by atoms with Crippen LogP contribution in [0.25, 0.3) is 5.76 Å². The molecule has 0 radical (unpaired) electrons. The van der Waals surface area contributed by atoms with Crippen molar-refractivity contribution in [1.82, 2.24) is 4.90 Å². The molecule has 1 amide bonds. The Morgan fingerprint density at radius 2 is 1.71 bits per heavy atom. The first-order chi connectivity index (χ1) is 14.8. The van der Waals surface area contributed by atoms with Gasteiger partial charge in [0.15, 0.2) is 5.75 Å². The molecule has 1 atom stereocenters. The van der Waals surface area contributed by atoms with Crippen molar-refractivity contribution >= 4 is 40.7 Å². The van der Waals surface area contributed by atoms with Crippen LogP contribution in [0.3, 0.4) is 0 Å². The second-order valence-electron chi connectivity index (χ2n) is 6.90. The predicted molar refractivity (Wildman–Crippen MR) is 117 cm³/mol. The zero-order valence-corrected chi connectivity index (χ0v) is 18.4. The number of halogens is 2. The number of benzene rings is 2. The van der Waals surface area contributed by atoms with Crippen molar-refractivity contribution in [3.63, 3.8) is 0 Å². The van der Waals surface area contributed by atoms with Gasteiger partial charge in [-0.05, 0) is 36.2 Å². The Morgan fingerprint density at radius 1 is 1.10 bits per heavy atom. The average Bonchev–Trinajstić information content (AvgIpc) is 2.98. The van der Waals surface area contributed by atoms with Crippen LogP contribution in [0.15, 0.2) is 42.0 Å². The first-order valence-electron chi connectivity index (χ1n) is 9.39. The summed E-state index contributed by atoms with van der Waals surface area (Å²) >= 11 is 12.4. The number of methoxy groups -OCH3 is 2. The SMILES string of the molecule is COCCCN1C(=O)C(=O)/C(=C(/O)c2cc(Cl)c(OC)c(Cl)c2)C1c1ccc(O)cc1. The predicted octanol–water partition coefficient (Wildman–Crippen LogP) is 4.17. The van der Waals surface area contributed by atoms with E-state index < -0.39 is 23.5 Å². The van der Waals surface area contributed by atoms with E-state index in [2.05, 4.69) is 0 Å². The van der Waals surface area contributed by atoms with E-state index in [4.69, 9.17) is 32.7 Å². The van der Waals surface area contributed by atoms with E-state index >= 15 is 0 Å². The highest BCUT2D eigenvalue weighted by Gasteiger charge is 2.45. The Morgan fingerprint density at radius 3 is 2.26 bits per heavy atom. The molecule has 0 aromatic heterocycles. The largest absolute Gasteiger partial charge is 0.508 e. The maximum atomic E-state index is 12.9. The zero-order chi connectivity index (χ0) is 22.7. The average molecular weight is 466 g/mol. The maximum absolute atomic E-state index is 12.9. The van der Waals surface area contributed by atoms with Gasteiger partial charge in [-0.25, -0.2) is 0 Å². The van der Waals surface area contributed by atoms with Gasteiger partial charge in [0.1, 0.15) is 11.5 Å². The number of hydrogen-bond acceptors (Lipinski definition) is 6. The second kappa shape index (κ2) is 9.60. The molecule has 0 aliphatic carbocycles. The van der Waals surface area contributed by atoms with E-state index in [0.717, 1.165) is 0 Å². The summed E-state index contributed by atoms with van der Waals surface area (Å²) in [6, 6.07) is 8.06. The minimum atomic E-state index is -0.850. The smallest absolute Gasteiger partial charge is 0.295 e. The van der Waals surface area contributed by atoms with Crippen molar-refractivity contribution in [1.29, 1.82) is 0 Å². The molecule has 31 heavy (non-hydrogen) atoms. The zero-order valence-electron chi connectivity index (χ0n) is 16.9. The molecule has 0 saturated carbocycles. The summed E-state index contributed by atoms with van der Waals surface area (Å²) in [4.78, 5) is 27.1. The highest BCUT2D eigenvalue weighted by atomic mass is 35.5. The molecule has 1 heterocycles. The Bertz CT molecular complexity index is 1010. The highest BCUT2D eigenvalue weighted by molar-refractivity contribution is 6.46. The number of phenolic OH excluding ortho intramolecular Hbond substituents is 1. The van der Waals surface area contributed by atoms with Gasteiger partial charge in [-0.1, -0.05) is 35.3 Å². The molecule has 1 aliphatic heterocycles. The number of amides is 1. The number of aliphatic hydroxyl groups excluding tert-OH is 1. The van der Waals surface area contributed by atoms with Gasteiger partial charge in [0.2, 0.25) is 0 Å². The molecule has 2 aromatic rings.